The Morgan fingerprint density at radius 3 is 2.44 bits per heavy atom. The first-order valence-corrected chi connectivity index (χ1v) is 12.6. The lowest BCUT2D eigenvalue weighted by Gasteiger charge is -2.37. The van der Waals surface area contributed by atoms with Crippen LogP contribution < -0.4 is 10.6 Å². The Bertz CT molecular complexity index is 1160. The number of hydrogen-bond acceptors (Lipinski definition) is 5. The lowest BCUT2D eigenvalue weighted by molar-refractivity contribution is -0.143. The number of anilines is 1. The highest BCUT2D eigenvalue weighted by Crippen LogP contribution is 2.59. The van der Waals surface area contributed by atoms with Crippen molar-refractivity contribution >= 4 is 23.4 Å². The second kappa shape index (κ2) is 9.33. The number of rotatable bonds is 7. The number of benzene rings is 2. The topological polar surface area (TPSA) is 108 Å². The smallest absolute Gasteiger partial charge is 0.250 e. The predicted octanol–water partition coefficient (Wildman–Crippen LogP) is 1.97. The number of carbonyl (C=O) groups excluding carboxylic acids is 3. The number of fused-ring (bicyclic) bond motifs is 1. The lowest BCUT2D eigenvalue weighted by atomic mass is 9.70. The zero-order valence-electron chi connectivity index (χ0n) is 20.9. The fraction of sp³-hybridized carbons (Fsp3) is 0.464. The molecule has 1 spiro atoms. The average Bonchev–Trinajstić information content (AvgIpc) is 3.52. The van der Waals surface area contributed by atoms with E-state index in [4.69, 9.17) is 4.74 Å². The molecular weight excluding hydrogens is 458 g/mol. The van der Waals surface area contributed by atoms with Gasteiger partial charge in [-0.2, -0.15) is 0 Å². The summed E-state index contributed by atoms with van der Waals surface area (Å²) < 4.78 is 6.43. The molecule has 3 fully saturated rings. The number of amides is 3. The fourth-order valence-corrected chi connectivity index (χ4v) is 6.59. The Labute approximate surface area is 211 Å². The summed E-state index contributed by atoms with van der Waals surface area (Å²) in [5.41, 5.74) is 2.37. The van der Waals surface area contributed by atoms with Gasteiger partial charge in [-0.05, 0) is 49.8 Å². The van der Waals surface area contributed by atoms with Gasteiger partial charge in [0.05, 0.1) is 30.6 Å². The minimum Gasteiger partial charge on any atom is -0.394 e. The monoisotopic (exact) mass is 491 g/mol. The molecule has 8 nitrogen and oxygen atoms in total. The SMILES string of the molecule is CNC(=O)[C@@H]1[C@@H]2CCC3(O2)C(C(=O)Nc2c(C)cccc2C)N([C@@H](CO)Cc2ccccc2)C(=O)[C@H]13. The van der Waals surface area contributed by atoms with Crippen LogP contribution in [-0.4, -0.2) is 65.2 Å². The van der Waals surface area contributed by atoms with Gasteiger partial charge in [0.15, 0.2) is 0 Å². The molecular formula is C28H33N3O5. The third-order valence-corrected chi connectivity index (χ3v) is 8.18. The predicted molar refractivity (Wildman–Crippen MR) is 134 cm³/mol. The van der Waals surface area contributed by atoms with Crippen LogP contribution >= 0.6 is 0 Å². The molecule has 2 bridgehead atoms. The Hall–Kier alpha value is -3.23. The van der Waals surface area contributed by atoms with Gasteiger partial charge in [-0.15, -0.1) is 0 Å². The van der Waals surface area contributed by atoms with Crippen molar-refractivity contribution in [2.75, 3.05) is 19.0 Å². The number of ether oxygens (including phenoxy) is 1. The van der Waals surface area contributed by atoms with E-state index in [1.165, 1.54) is 4.90 Å². The molecule has 8 heteroatoms. The maximum absolute atomic E-state index is 14.1. The highest BCUT2D eigenvalue weighted by Gasteiger charge is 2.75. The number of para-hydroxylation sites is 1. The van der Waals surface area contributed by atoms with Gasteiger partial charge < -0.3 is 25.4 Å². The molecule has 0 saturated carbocycles. The van der Waals surface area contributed by atoms with E-state index in [1.807, 2.05) is 62.4 Å². The van der Waals surface area contributed by atoms with Crippen LogP contribution in [0.25, 0.3) is 0 Å². The second-order valence-electron chi connectivity index (χ2n) is 10.2. The first-order chi connectivity index (χ1) is 17.3. The van der Waals surface area contributed by atoms with Gasteiger partial charge in [0.2, 0.25) is 17.7 Å². The molecule has 6 atom stereocenters. The summed E-state index contributed by atoms with van der Waals surface area (Å²) in [5, 5.41) is 16.2. The Morgan fingerprint density at radius 1 is 1.11 bits per heavy atom. The van der Waals surface area contributed by atoms with Crippen molar-refractivity contribution < 1.29 is 24.2 Å². The van der Waals surface area contributed by atoms with Gasteiger partial charge >= 0.3 is 0 Å². The van der Waals surface area contributed by atoms with Crippen LogP contribution in [0.4, 0.5) is 5.69 Å². The van der Waals surface area contributed by atoms with E-state index in [2.05, 4.69) is 10.6 Å². The molecule has 0 aromatic heterocycles. The van der Waals surface area contributed by atoms with Crippen LogP contribution in [0.2, 0.25) is 0 Å². The fourth-order valence-electron chi connectivity index (χ4n) is 6.59. The van der Waals surface area contributed by atoms with Gasteiger partial charge in [0, 0.05) is 12.7 Å². The van der Waals surface area contributed by atoms with Crippen LogP contribution in [-0.2, 0) is 25.5 Å². The summed E-state index contributed by atoms with van der Waals surface area (Å²) in [4.78, 5) is 42.5. The summed E-state index contributed by atoms with van der Waals surface area (Å²) in [6.07, 6.45) is 1.09. The molecule has 2 aromatic rings. The summed E-state index contributed by atoms with van der Waals surface area (Å²) in [6, 6.07) is 13.8. The Morgan fingerprint density at radius 2 is 1.81 bits per heavy atom. The quantitative estimate of drug-likeness (QED) is 0.549. The van der Waals surface area contributed by atoms with Gasteiger partial charge in [-0.3, -0.25) is 14.4 Å². The molecule has 2 unspecified atom stereocenters. The third kappa shape index (κ3) is 3.71. The summed E-state index contributed by atoms with van der Waals surface area (Å²) in [5.74, 6) is -2.34. The van der Waals surface area contributed by atoms with Crippen molar-refractivity contribution in [3.8, 4) is 0 Å². The van der Waals surface area contributed by atoms with Crippen molar-refractivity contribution in [1.82, 2.24) is 10.2 Å². The normalized spacial score (nSPS) is 29.2. The minimum atomic E-state index is -1.11. The van der Waals surface area contributed by atoms with Crippen LogP contribution in [0.5, 0.6) is 0 Å². The minimum absolute atomic E-state index is 0.251. The number of aliphatic hydroxyl groups is 1. The van der Waals surface area contributed by atoms with Crippen molar-refractivity contribution in [1.29, 1.82) is 0 Å². The molecule has 3 N–H and O–H groups in total. The average molecular weight is 492 g/mol. The molecule has 36 heavy (non-hydrogen) atoms. The number of nitrogens with zero attached hydrogens (tertiary/aromatic N) is 1. The summed E-state index contributed by atoms with van der Waals surface area (Å²) in [6.45, 7) is 3.53. The van der Waals surface area contributed by atoms with Crippen LogP contribution in [0, 0.1) is 25.7 Å². The van der Waals surface area contributed by atoms with Crippen molar-refractivity contribution in [3.63, 3.8) is 0 Å². The number of hydrogen-bond donors (Lipinski definition) is 3. The van der Waals surface area contributed by atoms with Crippen LogP contribution in [0.1, 0.15) is 29.5 Å². The molecule has 3 aliphatic rings. The number of nitrogens with one attached hydrogen (secondary N) is 2. The first kappa shape index (κ1) is 24.5. The molecule has 3 amide bonds. The van der Waals surface area contributed by atoms with Crippen molar-refractivity contribution in [3.05, 3.63) is 65.2 Å². The number of aryl methyl sites for hydroxylation is 2. The van der Waals surface area contributed by atoms with E-state index in [1.54, 1.807) is 7.05 Å². The molecule has 190 valence electrons. The van der Waals surface area contributed by atoms with Gasteiger partial charge in [0.1, 0.15) is 11.6 Å². The zero-order valence-corrected chi connectivity index (χ0v) is 20.9. The molecule has 3 aliphatic heterocycles. The van der Waals surface area contributed by atoms with E-state index < -0.39 is 35.6 Å². The molecule has 5 rings (SSSR count). The largest absolute Gasteiger partial charge is 0.394 e. The number of carbonyl (C=O) groups is 3. The van der Waals surface area contributed by atoms with Crippen LogP contribution in [0.3, 0.4) is 0 Å². The molecule has 3 heterocycles. The van der Waals surface area contributed by atoms with Crippen molar-refractivity contribution in [2.45, 2.75) is 56.9 Å². The molecule has 2 aromatic carbocycles. The maximum atomic E-state index is 14.1. The summed E-state index contributed by atoms with van der Waals surface area (Å²) in [7, 11) is 1.55. The molecule has 0 aliphatic carbocycles. The maximum Gasteiger partial charge on any atom is 0.250 e. The highest BCUT2D eigenvalue weighted by atomic mass is 16.5. The first-order valence-electron chi connectivity index (χ1n) is 12.6. The van der Waals surface area contributed by atoms with Gasteiger partial charge in [-0.25, -0.2) is 0 Å². The van der Waals surface area contributed by atoms with E-state index in [-0.39, 0.29) is 24.3 Å². The second-order valence-corrected chi connectivity index (χ2v) is 10.2. The highest BCUT2D eigenvalue weighted by molar-refractivity contribution is 6.04. The third-order valence-electron chi connectivity index (χ3n) is 8.18. The number of aliphatic hydroxyl groups excluding tert-OH is 1. The van der Waals surface area contributed by atoms with E-state index in [0.29, 0.717) is 24.9 Å². The standard InChI is InChI=1S/C28H33N3O5/c1-16-8-7-9-17(2)23(16)30-26(34)24-28-13-12-20(36-28)21(25(33)29-3)22(28)27(35)31(24)19(15-32)14-18-10-5-4-6-11-18/h4-11,19-22,24,32H,12-15H2,1-3H3,(H,29,33)(H,30,34)/t19-,20+,21-,22+,24?,28?/m1/s1. The lowest BCUT2D eigenvalue weighted by Crippen LogP contribution is -2.57. The van der Waals surface area contributed by atoms with Gasteiger partial charge in [0.25, 0.3) is 0 Å². The molecule has 0 radical (unpaired) electrons. The van der Waals surface area contributed by atoms with E-state index in [9.17, 15) is 19.5 Å². The van der Waals surface area contributed by atoms with E-state index in [0.717, 1.165) is 16.7 Å². The molecule has 3 saturated heterocycles. The van der Waals surface area contributed by atoms with E-state index >= 15 is 0 Å². The number of likely N-dealkylation sites (tertiary alicyclic amines) is 1. The Balaban J connectivity index is 1.57. The zero-order chi connectivity index (χ0) is 25.6. The summed E-state index contributed by atoms with van der Waals surface area (Å²) >= 11 is 0. The Kier molecular flexibility index (Phi) is 6.34. The van der Waals surface area contributed by atoms with Crippen LogP contribution in [0.15, 0.2) is 48.5 Å². The van der Waals surface area contributed by atoms with Gasteiger partial charge in [-0.1, -0.05) is 48.5 Å². The van der Waals surface area contributed by atoms with Crippen molar-refractivity contribution in [2.24, 2.45) is 11.8 Å².